The summed E-state index contributed by atoms with van der Waals surface area (Å²) in [6.07, 6.45) is 3.45. The van der Waals surface area contributed by atoms with Crippen LogP contribution in [0.4, 0.5) is 5.69 Å². The molecule has 8 nitrogen and oxygen atoms in total. The van der Waals surface area contributed by atoms with Crippen molar-refractivity contribution in [2.24, 2.45) is 4.99 Å². The van der Waals surface area contributed by atoms with Gasteiger partial charge in [0.2, 0.25) is 0 Å². The standard InChI is InChI=1S/C38H25N3O5S/c42-36-33(22-31-28-12-6-4-8-23(28)17-21-32(31)46-37(43)26-14-18-27(19-15-26)41(44)45)47-38-39-34-29-13-7-5-9-24(29)16-20-30(34)35(40(36)38)25-10-2-1-3-11-25/h1-15,17-19,21-22,35H,16,20H2/b33-22+/t35-/m1/s1. The van der Waals surface area contributed by atoms with Crippen LogP contribution >= 0.6 is 11.3 Å². The number of hydrogen-bond donors (Lipinski definition) is 0. The number of thiazole rings is 1. The number of non-ortho nitro benzene ring substituents is 1. The SMILES string of the molecule is O=C(Oc1ccc2ccccc2c1/C=c1/sc2n(c1=O)[C@H](c1ccccc1)C1=C(N=2)c2ccccc2CC1)c1ccc([N+](=O)[O-])cc1. The smallest absolute Gasteiger partial charge is 0.343 e. The summed E-state index contributed by atoms with van der Waals surface area (Å²) in [5.74, 6) is -0.396. The number of rotatable bonds is 5. The Balaban J connectivity index is 1.30. The number of nitro groups is 1. The molecule has 0 amide bonds. The highest BCUT2D eigenvalue weighted by molar-refractivity contribution is 7.07. The van der Waals surface area contributed by atoms with Gasteiger partial charge < -0.3 is 4.74 Å². The lowest BCUT2D eigenvalue weighted by Gasteiger charge is -2.30. The van der Waals surface area contributed by atoms with E-state index in [9.17, 15) is 19.7 Å². The molecule has 0 spiro atoms. The number of carbonyl (C=O) groups is 1. The molecule has 1 atom stereocenters. The number of aryl methyl sites for hydroxylation is 1. The molecule has 0 saturated carbocycles. The summed E-state index contributed by atoms with van der Waals surface area (Å²) >= 11 is 1.31. The van der Waals surface area contributed by atoms with Crippen LogP contribution in [-0.2, 0) is 6.42 Å². The summed E-state index contributed by atoms with van der Waals surface area (Å²) in [6, 6.07) is 34.6. The minimum absolute atomic E-state index is 0.123. The number of aromatic nitrogens is 1. The topological polar surface area (TPSA) is 104 Å². The van der Waals surface area contributed by atoms with Crippen molar-refractivity contribution in [2.45, 2.75) is 18.9 Å². The van der Waals surface area contributed by atoms with Gasteiger partial charge in [-0.05, 0) is 64.6 Å². The number of fused-ring (bicyclic) bond motifs is 4. The molecule has 0 unspecified atom stereocenters. The van der Waals surface area contributed by atoms with E-state index < -0.39 is 10.9 Å². The van der Waals surface area contributed by atoms with Gasteiger partial charge in [-0.25, -0.2) is 9.79 Å². The van der Waals surface area contributed by atoms with Crippen molar-refractivity contribution < 1.29 is 14.5 Å². The Bertz CT molecular complexity index is 2460. The predicted molar refractivity (Wildman–Crippen MR) is 181 cm³/mol. The van der Waals surface area contributed by atoms with E-state index in [-0.39, 0.29) is 28.6 Å². The second kappa shape index (κ2) is 11.5. The molecule has 6 aromatic rings. The van der Waals surface area contributed by atoms with Crippen molar-refractivity contribution in [2.75, 3.05) is 0 Å². The van der Waals surface area contributed by atoms with Crippen LogP contribution in [0.2, 0.25) is 0 Å². The number of ether oxygens (including phenoxy) is 1. The molecule has 1 aliphatic heterocycles. The van der Waals surface area contributed by atoms with E-state index in [4.69, 9.17) is 9.73 Å². The quantitative estimate of drug-likeness (QED) is 0.0919. The molecule has 47 heavy (non-hydrogen) atoms. The highest BCUT2D eigenvalue weighted by atomic mass is 32.1. The lowest BCUT2D eigenvalue weighted by Crippen LogP contribution is -2.38. The third-order valence-corrected chi connectivity index (χ3v) is 9.69. The fourth-order valence-electron chi connectivity index (χ4n) is 6.48. The molecule has 0 fully saturated rings. The number of hydrogen-bond acceptors (Lipinski definition) is 7. The van der Waals surface area contributed by atoms with Crippen molar-refractivity contribution >= 4 is 45.5 Å². The Kier molecular flexibility index (Phi) is 6.96. The first-order valence-electron chi connectivity index (χ1n) is 15.1. The van der Waals surface area contributed by atoms with Gasteiger partial charge in [0.25, 0.3) is 11.2 Å². The molecule has 1 aromatic heterocycles. The van der Waals surface area contributed by atoms with Crippen LogP contribution < -0.4 is 19.6 Å². The number of benzene rings is 5. The van der Waals surface area contributed by atoms with Gasteiger partial charge in [-0.15, -0.1) is 0 Å². The molecule has 2 aliphatic rings. The Hall–Kier alpha value is -5.93. The highest BCUT2D eigenvalue weighted by Crippen LogP contribution is 2.41. The summed E-state index contributed by atoms with van der Waals surface area (Å²) in [4.78, 5) is 43.9. The summed E-state index contributed by atoms with van der Waals surface area (Å²) < 4.78 is 8.14. The lowest BCUT2D eigenvalue weighted by atomic mass is 9.83. The van der Waals surface area contributed by atoms with Gasteiger partial charge in [-0.3, -0.25) is 19.5 Å². The van der Waals surface area contributed by atoms with E-state index >= 15 is 0 Å². The molecule has 0 bridgehead atoms. The molecule has 0 radical (unpaired) electrons. The van der Waals surface area contributed by atoms with Crippen LogP contribution in [0, 0.1) is 10.1 Å². The minimum Gasteiger partial charge on any atom is -0.422 e. The van der Waals surface area contributed by atoms with E-state index in [1.165, 1.54) is 41.2 Å². The molecule has 0 saturated heterocycles. The summed E-state index contributed by atoms with van der Waals surface area (Å²) in [6.45, 7) is 0. The maximum Gasteiger partial charge on any atom is 0.343 e. The van der Waals surface area contributed by atoms with Gasteiger partial charge in [0.15, 0.2) is 4.80 Å². The van der Waals surface area contributed by atoms with E-state index in [0.29, 0.717) is 14.9 Å². The van der Waals surface area contributed by atoms with E-state index in [1.54, 1.807) is 16.7 Å². The van der Waals surface area contributed by atoms with Crippen LogP contribution in [-0.4, -0.2) is 15.5 Å². The summed E-state index contributed by atoms with van der Waals surface area (Å²) in [5.41, 5.74) is 5.86. The van der Waals surface area contributed by atoms with Gasteiger partial charge in [0, 0.05) is 23.3 Å². The molecule has 2 heterocycles. The van der Waals surface area contributed by atoms with Gasteiger partial charge >= 0.3 is 5.97 Å². The first-order valence-corrected chi connectivity index (χ1v) is 15.9. The Morgan fingerprint density at radius 1 is 0.894 bits per heavy atom. The molecule has 5 aromatic carbocycles. The van der Waals surface area contributed by atoms with Crippen LogP contribution in [0.15, 0.2) is 131 Å². The summed E-state index contributed by atoms with van der Waals surface area (Å²) in [7, 11) is 0. The average molecular weight is 636 g/mol. The zero-order valence-electron chi connectivity index (χ0n) is 24.8. The fourth-order valence-corrected chi connectivity index (χ4v) is 7.46. The van der Waals surface area contributed by atoms with Crippen molar-refractivity contribution in [3.8, 4) is 5.75 Å². The third kappa shape index (κ3) is 4.97. The van der Waals surface area contributed by atoms with E-state index in [1.807, 2.05) is 60.7 Å². The molecular formula is C38H25N3O5S. The number of esters is 1. The number of nitrogens with zero attached hydrogens (tertiary/aromatic N) is 3. The largest absolute Gasteiger partial charge is 0.422 e. The lowest BCUT2D eigenvalue weighted by molar-refractivity contribution is -0.384. The number of nitro benzene ring substituents is 1. The van der Waals surface area contributed by atoms with Gasteiger partial charge in [0.1, 0.15) is 5.75 Å². The zero-order chi connectivity index (χ0) is 32.1. The van der Waals surface area contributed by atoms with Crippen molar-refractivity contribution in [1.29, 1.82) is 0 Å². The molecule has 9 heteroatoms. The molecule has 1 aliphatic carbocycles. The van der Waals surface area contributed by atoms with Crippen LogP contribution in [0.1, 0.15) is 45.1 Å². The minimum atomic E-state index is -0.665. The van der Waals surface area contributed by atoms with Crippen molar-refractivity contribution in [3.63, 3.8) is 0 Å². The van der Waals surface area contributed by atoms with Crippen LogP contribution in [0.25, 0.3) is 22.5 Å². The molecule has 8 rings (SSSR count). The Morgan fingerprint density at radius 2 is 1.64 bits per heavy atom. The van der Waals surface area contributed by atoms with Crippen molar-refractivity contribution in [3.05, 3.63) is 178 Å². The molecule has 0 N–H and O–H groups in total. The second-order valence-electron chi connectivity index (χ2n) is 11.4. The predicted octanol–water partition coefficient (Wildman–Crippen LogP) is 6.60. The first kappa shape index (κ1) is 28.5. The first-order chi connectivity index (χ1) is 23.0. The Labute approximate surface area is 272 Å². The van der Waals surface area contributed by atoms with E-state index in [0.717, 1.165) is 46.0 Å². The third-order valence-electron chi connectivity index (χ3n) is 8.71. The zero-order valence-corrected chi connectivity index (χ0v) is 25.6. The monoisotopic (exact) mass is 635 g/mol. The van der Waals surface area contributed by atoms with Crippen LogP contribution in [0.5, 0.6) is 5.75 Å². The average Bonchev–Trinajstić information content (AvgIpc) is 3.42. The molecule has 228 valence electrons. The second-order valence-corrected chi connectivity index (χ2v) is 12.4. The number of allylic oxidation sites excluding steroid dienone is 1. The summed E-state index contributed by atoms with van der Waals surface area (Å²) in [5, 5.41) is 12.8. The highest BCUT2D eigenvalue weighted by Gasteiger charge is 2.32. The van der Waals surface area contributed by atoms with Gasteiger partial charge in [0.05, 0.1) is 26.8 Å². The van der Waals surface area contributed by atoms with Crippen molar-refractivity contribution in [1.82, 2.24) is 4.57 Å². The fraction of sp³-hybridized carbons (Fsp3) is 0.0789. The normalized spacial score (nSPS) is 15.4. The van der Waals surface area contributed by atoms with E-state index in [2.05, 4.69) is 24.3 Å². The van der Waals surface area contributed by atoms with Crippen LogP contribution in [0.3, 0.4) is 0 Å². The Morgan fingerprint density at radius 3 is 2.45 bits per heavy atom. The van der Waals surface area contributed by atoms with Gasteiger partial charge in [-0.1, -0.05) is 96.3 Å². The maximum atomic E-state index is 14.4. The maximum absolute atomic E-state index is 14.4. The number of carbonyl (C=O) groups excluding carboxylic acids is 1. The van der Waals surface area contributed by atoms with Gasteiger partial charge in [-0.2, -0.15) is 0 Å². The molecular weight excluding hydrogens is 611 g/mol.